The van der Waals surface area contributed by atoms with E-state index >= 15 is 0 Å². The van der Waals surface area contributed by atoms with Crippen molar-refractivity contribution < 1.29 is 0 Å². The number of hydrogen-bond donors (Lipinski definition) is 0. The molecular formula is C46H30N4. The van der Waals surface area contributed by atoms with Crippen LogP contribution in [-0.4, -0.2) is 19.9 Å². The molecule has 4 heteroatoms. The van der Waals surface area contributed by atoms with E-state index in [0.717, 1.165) is 62.2 Å². The minimum absolute atomic E-state index is 0.637. The highest BCUT2D eigenvalue weighted by Gasteiger charge is 2.18. The summed E-state index contributed by atoms with van der Waals surface area (Å²) in [5.41, 5.74) is 7.48. The van der Waals surface area contributed by atoms with Crippen molar-refractivity contribution in [2.45, 2.75) is 12.8 Å². The lowest BCUT2D eigenvalue weighted by Crippen LogP contribution is -2.01. The highest BCUT2D eigenvalue weighted by molar-refractivity contribution is 6.14. The summed E-state index contributed by atoms with van der Waals surface area (Å²) in [6.07, 6.45) is 8.44. The number of aryl methyl sites for hydroxylation is 1. The van der Waals surface area contributed by atoms with Crippen LogP contribution in [-0.2, 0) is 6.42 Å². The molecule has 0 fully saturated rings. The molecule has 50 heavy (non-hydrogen) atoms. The topological polar surface area (TPSA) is 51.6 Å². The molecule has 0 saturated heterocycles. The van der Waals surface area contributed by atoms with Gasteiger partial charge in [0.05, 0.1) is 0 Å². The first kappa shape index (κ1) is 28.5. The second-order valence-electron chi connectivity index (χ2n) is 13.0. The molecule has 9 aromatic rings. The molecule has 234 valence electrons. The third-order valence-electron chi connectivity index (χ3n) is 9.98. The predicted octanol–water partition coefficient (Wildman–Crippen LogP) is 11.5. The number of benzene rings is 7. The van der Waals surface area contributed by atoms with Gasteiger partial charge in [0, 0.05) is 34.1 Å². The summed E-state index contributed by atoms with van der Waals surface area (Å²) in [5.74, 6) is 1.94. The molecular weight excluding hydrogens is 609 g/mol. The van der Waals surface area contributed by atoms with Gasteiger partial charge in [0.1, 0.15) is 0 Å². The fourth-order valence-corrected chi connectivity index (χ4v) is 7.49. The van der Waals surface area contributed by atoms with E-state index in [4.69, 9.17) is 19.9 Å². The molecule has 7 aromatic carbocycles. The Hall–Kier alpha value is -6.52. The van der Waals surface area contributed by atoms with E-state index in [9.17, 15) is 0 Å². The van der Waals surface area contributed by atoms with Crippen LogP contribution < -0.4 is 0 Å². The molecule has 0 spiro atoms. The van der Waals surface area contributed by atoms with Crippen molar-refractivity contribution in [2.24, 2.45) is 0 Å². The summed E-state index contributed by atoms with van der Waals surface area (Å²) in [6.45, 7) is 0. The number of pyridine rings is 1. The Balaban J connectivity index is 1.20. The average molecular weight is 639 g/mol. The summed E-state index contributed by atoms with van der Waals surface area (Å²) in [7, 11) is 0. The minimum atomic E-state index is 0.637. The average Bonchev–Trinajstić information content (AvgIpc) is 3.20. The van der Waals surface area contributed by atoms with Crippen molar-refractivity contribution in [1.29, 1.82) is 0 Å². The molecule has 0 N–H and O–H groups in total. The fourth-order valence-electron chi connectivity index (χ4n) is 7.49. The van der Waals surface area contributed by atoms with Crippen LogP contribution in [0.2, 0.25) is 0 Å². The number of hydrogen-bond acceptors (Lipinski definition) is 4. The van der Waals surface area contributed by atoms with Crippen LogP contribution in [0.25, 0.3) is 94.5 Å². The Kier molecular flexibility index (Phi) is 6.59. The maximum Gasteiger partial charge on any atom is 0.164 e. The molecule has 2 aromatic heterocycles. The first-order valence-corrected chi connectivity index (χ1v) is 17.1. The van der Waals surface area contributed by atoms with Crippen LogP contribution in [0, 0.1) is 0 Å². The van der Waals surface area contributed by atoms with Gasteiger partial charge >= 0.3 is 0 Å². The Morgan fingerprint density at radius 3 is 1.52 bits per heavy atom. The first-order chi connectivity index (χ1) is 24.8. The quantitative estimate of drug-likeness (QED) is 0.180. The molecule has 0 bridgehead atoms. The van der Waals surface area contributed by atoms with E-state index in [1.54, 1.807) is 0 Å². The van der Waals surface area contributed by atoms with Crippen molar-refractivity contribution in [3.63, 3.8) is 0 Å². The smallest absolute Gasteiger partial charge is 0.164 e. The molecule has 0 radical (unpaired) electrons. The number of aromatic nitrogens is 4. The largest absolute Gasteiger partial charge is 0.260 e. The Labute approximate surface area is 289 Å². The van der Waals surface area contributed by atoms with Gasteiger partial charge in [-0.15, -0.1) is 0 Å². The molecule has 0 saturated carbocycles. The number of rotatable bonds is 4. The summed E-state index contributed by atoms with van der Waals surface area (Å²) in [5, 5.41) is 9.31. The van der Waals surface area contributed by atoms with Gasteiger partial charge in [0.2, 0.25) is 0 Å². The second kappa shape index (κ2) is 11.6. The van der Waals surface area contributed by atoms with E-state index in [1.165, 1.54) is 32.8 Å². The molecule has 0 amide bonds. The predicted molar refractivity (Wildman–Crippen MR) is 207 cm³/mol. The van der Waals surface area contributed by atoms with E-state index in [0.29, 0.717) is 17.5 Å². The van der Waals surface area contributed by atoms with Gasteiger partial charge in [-0.25, -0.2) is 15.0 Å². The maximum atomic E-state index is 5.28. The van der Waals surface area contributed by atoms with Crippen LogP contribution in [0.5, 0.6) is 0 Å². The van der Waals surface area contributed by atoms with E-state index in [2.05, 4.69) is 152 Å². The van der Waals surface area contributed by atoms with E-state index in [1.807, 2.05) is 6.20 Å². The minimum Gasteiger partial charge on any atom is -0.260 e. The summed E-state index contributed by atoms with van der Waals surface area (Å²) >= 11 is 0. The molecule has 1 aliphatic rings. The van der Waals surface area contributed by atoms with Crippen molar-refractivity contribution in [1.82, 2.24) is 19.9 Å². The zero-order valence-corrected chi connectivity index (χ0v) is 27.2. The lowest BCUT2D eigenvalue weighted by molar-refractivity contribution is 0.928. The van der Waals surface area contributed by atoms with Gasteiger partial charge in [-0.05, 0) is 85.3 Å². The van der Waals surface area contributed by atoms with Gasteiger partial charge in [-0.1, -0.05) is 133 Å². The number of allylic oxidation sites excluding steroid dienone is 1. The van der Waals surface area contributed by atoms with Gasteiger partial charge in [0.15, 0.2) is 17.5 Å². The Bertz CT molecular complexity index is 2680. The highest BCUT2D eigenvalue weighted by atomic mass is 15.0. The van der Waals surface area contributed by atoms with Crippen LogP contribution >= 0.6 is 0 Å². The molecule has 0 unspecified atom stereocenters. The van der Waals surface area contributed by atoms with Crippen LogP contribution in [0.15, 0.2) is 152 Å². The van der Waals surface area contributed by atoms with Gasteiger partial charge < -0.3 is 0 Å². The number of nitrogens with zero attached hydrogens (tertiary/aromatic N) is 4. The molecule has 2 heterocycles. The zero-order valence-electron chi connectivity index (χ0n) is 27.2. The summed E-state index contributed by atoms with van der Waals surface area (Å²) in [6, 6.07) is 49.3. The lowest BCUT2D eigenvalue weighted by Gasteiger charge is -2.14. The SMILES string of the molecule is C1=Cc2cc(-c3ccc(-c4nc(-c5cc6ccccc6c6ccccc56)nc(-c5cc6ccccc6c6ccccc56)n4)cc3)cnc2CC1. The van der Waals surface area contributed by atoms with Crippen molar-refractivity contribution >= 4 is 49.2 Å². The normalized spacial score (nSPS) is 12.6. The zero-order chi connectivity index (χ0) is 33.0. The summed E-state index contributed by atoms with van der Waals surface area (Å²) < 4.78 is 0. The lowest BCUT2D eigenvalue weighted by atomic mass is 9.96. The van der Waals surface area contributed by atoms with Gasteiger partial charge in [-0.2, -0.15) is 0 Å². The fraction of sp³-hybridized carbons (Fsp3) is 0.0435. The van der Waals surface area contributed by atoms with Crippen LogP contribution in [0.4, 0.5) is 0 Å². The monoisotopic (exact) mass is 638 g/mol. The Morgan fingerprint density at radius 1 is 0.420 bits per heavy atom. The molecule has 4 nitrogen and oxygen atoms in total. The highest BCUT2D eigenvalue weighted by Crippen LogP contribution is 2.38. The molecule has 0 atom stereocenters. The van der Waals surface area contributed by atoms with Crippen LogP contribution in [0.1, 0.15) is 17.7 Å². The second-order valence-corrected chi connectivity index (χ2v) is 13.0. The third-order valence-corrected chi connectivity index (χ3v) is 9.98. The standard InChI is InChI=1S/C46H30N4/c1-4-14-35-31(11-1)26-41(39-18-8-6-16-37(35)39)45-48-44(30-23-21-29(22-24-30)34-25-33-13-3-10-20-43(33)47-28-34)49-46(50-45)42-27-32-12-2-5-15-36(32)38-17-7-9-19-40(38)42/h1-9,11-19,21-28H,10,20H2. The molecule has 0 aliphatic heterocycles. The summed E-state index contributed by atoms with van der Waals surface area (Å²) in [4.78, 5) is 20.5. The maximum absolute atomic E-state index is 5.28. The third kappa shape index (κ3) is 4.76. The van der Waals surface area contributed by atoms with Crippen LogP contribution in [0.3, 0.4) is 0 Å². The van der Waals surface area contributed by atoms with E-state index < -0.39 is 0 Å². The van der Waals surface area contributed by atoms with Crippen molar-refractivity contribution in [3.8, 4) is 45.3 Å². The molecule has 10 rings (SSSR count). The Morgan fingerprint density at radius 2 is 0.920 bits per heavy atom. The van der Waals surface area contributed by atoms with E-state index in [-0.39, 0.29) is 0 Å². The van der Waals surface area contributed by atoms with Crippen molar-refractivity contribution in [2.75, 3.05) is 0 Å². The molecule has 1 aliphatic carbocycles. The first-order valence-electron chi connectivity index (χ1n) is 17.1. The number of fused-ring (bicyclic) bond motifs is 7. The van der Waals surface area contributed by atoms with Crippen molar-refractivity contribution in [3.05, 3.63) is 163 Å². The van der Waals surface area contributed by atoms with Gasteiger partial charge in [0.25, 0.3) is 0 Å². The van der Waals surface area contributed by atoms with Gasteiger partial charge in [-0.3, -0.25) is 4.98 Å².